The molecule has 1 aromatic rings. The van der Waals surface area contributed by atoms with E-state index < -0.39 is 0 Å². The Balaban J connectivity index is 1.87. The lowest BCUT2D eigenvalue weighted by Crippen LogP contribution is -2.46. The number of imide groups is 1. The largest absolute Gasteiger partial charge is 0.324 e. The van der Waals surface area contributed by atoms with Gasteiger partial charge in [-0.25, -0.2) is 4.79 Å². The van der Waals surface area contributed by atoms with E-state index in [-0.39, 0.29) is 11.9 Å². The SMILES string of the molecule is CC1CCN(C(=O)NC(=O)c2cccs2)CC1. The Morgan fingerprint density at radius 1 is 1.41 bits per heavy atom. The van der Waals surface area contributed by atoms with Crippen LogP contribution in [0.5, 0.6) is 0 Å². The van der Waals surface area contributed by atoms with Gasteiger partial charge in [-0.3, -0.25) is 10.1 Å². The maximum Gasteiger partial charge on any atom is 0.324 e. The summed E-state index contributed by atoms with van der Waals surface area (Å²) in [6, 6.07) is 3.24. The molecule has 1 saturated heterocycles. The summed E-state index contributed by atoms with van der Waals surface area (Å²) in [5.74, 6) is 0.371. The van der Waals surface area contributed by atoms with Crippen LogP contribution in [0.2, 0.25) is 0 Å². The Morgan fingerprint density at radius 3 is 2.71 bits per heavy atom. The molecule has 17 heavy (non-hydrogen) atoms. The fourth-order valence-corrected chi connectivity index (χ4v) is 2.48. The Morgan fingerprint density at radius 2 is 2.12 bits per heavy atom. The van der Waals surface area contributed by atoms with Crippen LogP contribution in [0.1, 0.15) is 29.4 Å². The lowest BCUT2D eigenvalue weighted by molar-refractivity contribution is 0.0950. The topological polar surface area (TPSA) is 49.4 Å². The zero-order valence-corrected chi connectivity index (χ0v) is 10.6. The van der Waals surface area contributed by atoms with Gasteiger partial charge in [0.1, 0.15) is 0 Å². The van der Waals surface area contributed by atoms with Crippen LogP contribution in [-0.2, 0) is 0 Å². The molecule has 1 aliphatic heterocycles. The molecule has 1 fully saturated rings. The summed E-state index contributed by atoms with van der Waals surface area (Å²) in [6.45, 7) is 3.67. The quantitative estimate of drug-likeness (QED) is 0.834. The van der Waals surface area contributed by atoms with E-state index in [1.807, 2.05) is 5.38 Å². The highest BCUT2D eigenvalue weighted by Gasteiger charge is 2.22. The molecule has 0 atom stereocenters. The zero-order valence-electron chi connectivity index (χ0n) is 9.81. The second kappa shape index (κ2) is 5.31. The summed E-state index contributed by atoms with van der Waals surface area (Å²) in [5.41, 5.74) is 0. The summed E-state index contributed by atoms with van der Waals surface area (Å²) in [6.07, 6.45) is 2.03. The van der Waals surface area contributed by atoms with Crippen molar-refractivity contribution >= 4 is 23.3 Å². The highest BCUT2D eigenvalue weighted by Crippen LogP contribution is 2.16. The van der Waals surface area contributed by atoms with Crippen molar-refractivity contribution in [2.75, 3.05) is 13.1 Å². The number of carbonyl (C=O) groups is 2. The van der Waals surface area contributed by atoms with Crippen molar-refractivity contribution in [3.05, 3.63) is 22.4 Å². The molecule has 1 N–H and O–H groups in total. The van der Waals surface area contributed by atoms with Crippen LogP contribution in [-0.4, -0.2) is 29.9 Å². The number of carbonyl (C=O) groups excluding carboxylic acids is 2. The molecule has 1 aliphatic rings. The maximum absolute atomic E-state index is 11.8. The number of nitrogens with one attached hydrogen (secondary N) is 1. The first-order valence-corrected chi connectivity index (χ1v) is 6.68. The number of hydrogen-bond donors (Lipinski definition) is 1. The minimum Gasteiger partial charge on any atom is -0.324 e. The first-order chi connectivity index (χ1) is 8.16. The summed E-state index contributed by atoms with van der Waals surface area (Å²) in [4.78, 5) is 25.8. The normalized spacial score (nSPS) is 16.9. The average molecular weight is 252 g/mol. The predicted molar refractivity (Wildman–Crippen MR) is 67.2 cm³/mol. The summed E-state index contributed by atoms with van der Waals surface area (Å²) in [7, 11) is 0. The standard InChI is InChI=1S/C12H16N2O2S/c1-9-4-6-14(7-5-9)12(16)13-11(15)10-3-2-8-17-10/h2-3,8-9H,4-7H2,1H3,(H,13,15,16). The van der Waals surface area contributed by atoms with Crippen LogP contribution < -0.4 is 5.32 Å². The van der Waals surface area contributed by atoms with Gasteiger partial charge in [-0.2, -0.15) is 0 Å². The molecular formula is C12H16N2O2S. The van der Waals surface area contributed by atoms with Gasteiger partial charge in [0.15, 0.2) is 0 Å². The van der Waals surface area contributed by atoms with Gasteiger partial charge < -0.3 is 4.90 Å². The third kappa shape index (κ3) is 3.06. The molecule has 0 radical (unpaired) electrons. The Hall–Kier alpha value is -1.36. The molecule has 5 heteroatoms. The predicted octanol–water partition coefficient (Wildman–Crippen LogP) is 2.33. The number of hydrogen-bond acceptors (Lipinski definition) is 3. The number of urea groups is 1. The first kappa shape index (κ1) is 12.1. The third-order valence-corrected chi connectivity index (χ3v) is 3.90. The monoisotopic (exact) mass is 252 g/mol. The van der Waals surface area contributed by atoms with E-state index in [0.717, 1.165) is 25.9 Å². The van der Waals surface area contributed by atoms with Crippen molar-refractivity contribution in [1.29, 1.82) is 0 Å². The van der Waals surface area contributed by atoms with Gasteiger partial charge in [-0.1, -0.05) is 13.0 Å². The highest BCUT2D eigenvalue weighted by atomic mass is 32.1. The van der Waals surface area contributed by atoms with E-state index in [1.165, 1.54) is 11.3 Å². The molecule has 0 unspecified atom stereocenters. The van der Waals surface area contributed by atoms with Crippen molar-refractivity contribution in [2.45, 2.75) is 19.8 Å². The van der Waals surface area contributed by atoms with Gasteiger partial charge in [0.25, 0.3) is 5.91 Å². The molecule has 3 amide bonds. The van der Waals surface area contributed by atoms with Crippen LogP contribution in [0.3, 0.4) is 0 Å². The molecule has 92 valence electrons. The lowest BCUT2D eigenvalue weighted by atomic mass is 10.00. The molecule has 0 spiro atoms. The summed E-state index contributed by atoms with van der Waals surface area (Å²) < 4.78 is 0. The third-order valence-electron chi connectivity index (χ3n) is 3.04. The highest BCUT2D eigenvalue weighted by molar-refractivity contribution is 7.12. The van der Waals surface area contributed by atoms with Crippen molar-refractivity contribution in [3.63, 3.8) is 0 Å². The molecule has 0 aliphatic carbocycles. The van der Waals surface area contributed by atoms with E-state index in [0.29, 0.717) is 10.8 Å². The fourth-order valence-electron chi connectivity index (χ4n) is 1.86. The number of thiophene rings is 1. The molecule has 0 aromatic carbocycles. The summed E-state index contributed by atoms with van der Waals surface area (Å²) in [5, 5.41) is 4.25. The van der Waals surface area contributed by atoms with Crippen LogP contribution in [0, 0.1) is 5.92 Å². The second-order valence-electron chi connectivity index (χ2n) is 4.41. The molecule has 0 bridgehead atoms. The fraction of sp³-hybridized carbons (Fsp3) is 0.500. The smallest absolute Gasteiger partial charge is 0.324 e. The van der Waals surface area contributed by atoms with Crippen molar-refractivity contribution in [3.8, 4) is 0 Å². The van der Waals surface area contributed by atoms with Crippen molar-refractivity contribution < 1.29 is 9.59 Å². The van der Waals surface area contributed by atoms with Gasteiger partial charge in [0, 0.05) is 13.1 Å². The Labute approximate surface area is 105 Å². The molecular weight excluding hydrogens is 236 g/mol. The molecule has 4 nitrogen and oxygen atoms in total. The van der Waals surface area contributed by atoms with Crippen LogP contribution in [0.4, 0.5) is 4.79 Å². The van der Waals surface area contributed by atoms with Gasteiger partial charge in [-0.15, -0.1) is 11.3 Å². The van der Waals surface area contributed by atoms with Crippen molar-refractivity contribution in [2.24, 2.45) is 5.92 Å². The minimum absolute atomic E-state index is 0.268. The maximum atomic E-state index is 11.8. The van der Waals surface area contributed by atoms with Crippen molar-refractivity contribution in [1.82, 2.24) is 10.2 Å². The Kier molecular flexibility index (Phi) is 3.78. The second-order valence-corrected chi connectivity index (χ2v) is 5.35. The van der Waals surface area contributed by atoms with Gasteiger partial charge >= 0.3 is 6.03 Å². The number of nitrogens with zero attached hydrogens (tertiary/aromatic N) is 1. The number of amides is 3. The van der Waals surface area contributed by atoms with Crippen LogP contribution in [0.25, 0.3) is 0 Å². The number of rotatable bonds is 1. The molecule has 0 saturated carbocycles. The summed E-state index contributed by atoms with van der Waals surface area (Å²) >= 11 is 1.34. The number of piperidine rings is 1. The van der Waals surface area contributed by atoms with E-state index in [2.05, 4.69) is 12.2 Å². The first-order valence-electron chi connectivity index (χ1n) is 5.80. The molecule has 2 rings (SSSR count). The molecule has 2 heterocycles. The van der Waals surface area contributed by atoms with Gasteiger partial charge in [-0.05, 0) is 30.2 Å². The Bertz CT molecular complexity index is 395. The van der Waals surface area contributed by atoms with Gasteiger partial charge in [0.2, 0.25) is 0 Å². The van der Waals surface area contributed by atoms with E-state index in [9.17, 15) is 9.59 Å². The van der Waals surface area contributed by atoms with E-state index in [4.69, 9.17) is 0 Å². The van der Waals surface area contributed by atoms with Gasteiger partial charge in [0.05, 0.1) is 4.88 Å². The number of likely N-dealkylation sites (tertiary alicyclic amines) is 1. The average Bonchev–Trinajstić information content (AvgIpc) is 2.83. The van der Waals surface area contributed by atoms with E-state index >= 15 is 0 Å². The minimum atomic E-state index is -0.302. The lowest BCUT2D eigenvalue weighted by Gasteiger charge is -2.29. The van der Waals surface area contributed by atoms with E-state index in [1.54, 1.807) is 17.0 Å². The van der Waals surface area contributed by atoms with Crippen LogP contribution >= 0.6 is 11.3 Å². The zero-order chi connectivity index (χ0) is 12.3. The molecule has 1 aromatic heterocycles. The van der Waals surface area contributed by atoms with Crippen LogP contribution in [0.15, 0.2) is 17.5 Å².